The molecule has 0 aromatic heterocycles. The fourth-order valence-electron chi connectivity index (χ4n) is 3.19. The molecule has 0 radical (unpaired) electrons. The lowest BCUT2D eigenvalue weighted by Gasteiger charge is -2.28. The minimum absolute atomic E-state index is 0.0660. The molecule has 0 aliphatic carbocycles. The smallest absolute Gasteiger partial charge is 0.338 e. The number of methoxy groups -OCH3 is 1. The van der Waals surface area contributed by atoms with Gasteiger partial charge < -0.3 is 25.1 Å². The Kier molecular flexibility index (Phi) is 5.74. The first kappa shape index (κ1) is 19.8. The van der Waals surface area contributed by atoms with Crippen molar-refractivity contribution in [3.05, 3.63) is 76.7 Å². The summed E-state index contributed by atoms with van der Waals surface area (Å²) < 4.78 is 16.2. The first-order chi connectivity index (χ1) is 14.0. The Morgan fingerprint density at radius 1 is 1.28 bits per heavy atom. The van der Waals surface area contributed by atoms with Crippen LogP contribution in [0.5, 0.6) is 11.5 Å². The third-order valence-electron chi connectivity index (χ3n) is 4.49. The van der Waals surface area contributed by atoms with Crippen LogP contribution in [0.15, 0.2) is 65.6 Å². The minimum atomic E-state index is -0.850. The number of nitrogens with zero attached hydrogens (tertiary/aromatic N) is 1. The van der Waals surface area contributed by atoms with Crippen LogP contribution in [0, 0.1) is 11.3 Å². The van der Waals surface area contributed by atoms with E-state index in [0.29, 0.717) is 11.1 Å². The summed E-state index contributed by atoms with van der Waals surface area (Å²) >= 11 is 0. The SMILES string of the molecule is CCOC(=O)C1=C(c2ccccc2)OC(N)=C(C#N)C1c1ccc(O)c(OC)c1. The van der Waals surface area contributed by atoms with Gasteiger partial charge in [0, 0.05) is 5.56 Å². The number of aromatic hydroxyl groups is 1. The number of carbonyl (C=O) groups is 1. The van der Waals surface area contributed by atoms with Gasteiger partial charge in [0.05, 0.1) is 25.2 Å². The highest BCUT2D eigenvalue weighted by Gasteiger charge is 2.38. The van der Waals surface area contributed by atoms with Gasteiger partial charge in [0.25, 0.3) is 0 Å². The van der Waals surface area contributed by atoms with Crippen molar-refractivity contribution in [1.82, 2.24) is 0 Å². The van der Waals surface area contributed by atoms with Crippen molar-refractivity contribution in [2.24, 2.45) is 5.73 Å². The molecular formula is C22H20N2O5. The number of benzene rings is 2. The summed E-state index contributed by atoms with van der Waals surface area (Å²) in [6.07, 6.45) is 0. The second kappa shape index (κ2) is 8.40. The molecule has 29 heavy (non-hydrogen) atoms. The van der Waals surface area contributed by atoms with Crippen molar-refractivity contribution in [3.8, 4) is 17.6 Å². The molecule has 1 atom stereocenters. The van der Waals surface area contributed by atoms with E-state index in [9.17, 15) is 15.2 Å². The lowest BCUT2D eigenvalue weighted by atomic mass is 9.82. The van der Waals surface area contributed by atoms with Crippen molar-refractivity contribution in [1.29, 1.82) is 5.26 Å². The number of nitriles is 1. The van der Waals surface area contributed by atoms with E-state index in [2.05, 4.69) is 0 Å². The highest BCUT2D eigenvalue weighted by Crippen LogP contribution is 2.44. The number of rotatable bonds is 5. The van der Waals surface area contributed by atoms with E-state index in [1.807, 2.05) is 12.1 Å². The van der Waals surface area contributed by atoms with Crippen molar-refractivity contribution in [2.45, 2.75) is 12.8 Å². The average molecular weight is 392 g/mol. The van der Waals surface area contributed by atoms with Crippen molar-refractivity contribution in [3.63, 3.8) is 0 Å². The number of allylic oxidation sites excluding steroid dienone is 1. The molecule has 0 bridgehead atoms. The molecule has 1 aliphatic heterocycles. The van der Waals surface area contributed by atoms with Crippen molar-refractivity contribution < 1.29 is 24.1 Å². The van der Waals surface area contributed by atoms with Gasteiger partial charge in [0.1, 0.15) is 17.4 Å². The molecule has 0 spiro atoms. The maximum atomic E-state index is 12.9. The minimum Gasteiger partial charge on any atom is -0.504 e. The Morgan fingerprint density at radius 3 is 2.62 bits per heavy atom. The van der Waals surface area contributed by atoms with Gasteiger partial charge in [-0.15, -0.1) is 0 Å². The summed E-state index contributed by atoms with van der Waals surface area (Å²) in [6.45, 7) is 1.84. The standard InChI is InChI=1S/C22H20N2O5/c1-3-28-22(26)19-18(14-9-10-16(25)17(11-14)27-2)15(12-23)21(24)29-20(19)13-7-5-4-6-8-13/h4-11,18,25H,3,24H2,1-2H3. The number of nitrogens with two attached hydrogens (primary N) is 1. The first-order valence-corrected chi connectivity index (χ1v) is 8.93. The van der Waals surface area contributed by atoms with E-state index in [0.717, 1.165) is 0 Å². The second-order valence-electron chi connectivity index (χ2n) is 6.19. The molecule has 1 aliphatic rings. The van der Waals surface area contributed by atoms with Gasteiger partial charge >= 0.3 is 5.97 Å². The number of phenols is 1. The van der Waals surface area contributed by atoms with Crippen LogP contribution in [0.1, 0.15) is 24.0 Å². The summed E-state index contributed by atoms with van der Waals surface area (Å²) in [6, 6.07) is 15.6. The number of esters is 1. The number of hydrogen-bond acceptors (Lipinski definition) is 7. The van der Waals surface area contributed by atoms with E-state index in [1.165, 1.54) is 13.2 Å². The topological polar surface area (TPSA) is 115 Å². The van der Waals surface area contributed by atoms with Crippen LogP contribution >= 0.6 is 0 Å². The molecule has 0 amide bonds. The Morgan fingerprint density at radius 2 is 2.00 bits per heavy atom. The van der Waals surface area contributed by atoms with Gasteiger partial charge in [-0.3, -0.25) is 0 Å². The summed E-state index contributed by atoms with van der Waals surface area (Å²) in [5.74, 6) is -1.21. The zero-order chi connectivity index (χ0) is 21.0. The lowest BCUT2D eigenvalue weighted by Crippen LogP contribution is -2.25. The lowest BCUT2D eigenvalue weighted by molar-refractivity contribution is -0.138. The van der Waals surface area contributed by atoms with E-state index in [4.69, 9.17) is 19.9 Å². The van der Waals surface area contributed by atoms with Gasteiger partial charge in [0.2, 0.25) is 5.88 Å². The van der Waals surface area contributed by atoms with E-state index in [1.54, 1.807) is 43.3 Å². The molecular weight excluding hydrogens is 372 g/mol. The van der Waals surface area contributed by atoms with Crippen molar-refractivity contribution >= 4 is 11.7 Å². The van der Waals surface area contributed by atoms with Gasteiger partial charge in [-0.25, -0.2) is 4.79 Å². The van der Waals surface area contributed by atoms with Crippen molar-refractivity contribution in [2.75, 3.05) is 13.7 Å². The fraction of sp³-hybridized carbons (Fsp3) is 0.182. The van der Waals surface area contributed by atoms with E-state index < -0.39 is 11.9 Å². The zero-order valence-corrected chi connectivity index (χ0v) is 16.0. The van der Waals surface area contributed by atoms with Crippen LogP contribution in [0.3, 0.4) is 0 Å². The zero-order valence-electron chi connectivity index (χ0n) is 16.0. The molecule has 2 aromatic rings. The maximum Gasteiger partial charge on any atom is 0.338 e. The first-order valence-electron chi connectivity index (χ1n) is 8.93. The number of hydrogen-bond donors (Lipinski definition) is 2. The Labute approximate surface area is 168 Å². The Bertz CT molecular complexity index is 1030. The van der Waals surface area contributed by atoms with Gasteiger partial charge in [0.15, 0.2) is 11.5 Å². The van der Waals surface area contributed by atoms with Crippen LogP contribution in [0.2, 0.25) is 0 Å². The Hall–Kier alpha value is -3.92. The molecule has 1 unspecified atom stereocenters. The molecule has 0 saturated carbocycles. The van der Waals surface area contributed by atoms with Crippen LogP contribution in [0.25, 0.3) is 5.76 Å². The van der Waals surface area contributed by atoms with Gasteiger partial charge in [-0.2, -0.15) is 5.26 Å². The summed E-state index contributed by atoms with van der Waals surface area (Å²) in [5.41, 5.74) is 7.41. The molecule has 1 heterocycles. The number of carbonyl (C=O) groups excluding carboxylic acids is 1. The van der Waals surface area contributed by atoms with Crippen LogP contribution in [0.4, 0.5) is 0 Å². The molecule has 3 N–H and O–H groups in total. The largest absolute Gasteiger partial charge is 0.504 e. The fourth-order valence-corrected chi connectivity index (χ4v) is 3.19. The van der Waals surface area contributed by atoms with Gasteiger partial charge in [-0.1, -0.05) is 36.4 Å². The average Bonchev–Trinajstić information content (AvgIpc) is 2.74. The third-order valence-corrected chi connectivity index (χ3v) is 4.49. The Balaban J connectivity index is 2.29. The van der Waals surface area contributed by atoms with E-state index >= 15 is 0 Å². The normalized spacial score (nSPS) is 16.1. The number of phenolic OH excluding ortho intramolecular Hbond substituents is 1. The summed E-state index contributed by atoms with van der Waals surface area (Å²) in [5, 5.41) is 19.7. The predicted molar refractivity (Wildman–Crippen MR) is 105 cm³/mol. The number of ether oxygens (including phenoxy) is 3. The monoisotopic (exact) mass is 392 g/mol. The second-order valence-corrected chi connectivity index (χ2v) is 6.19. The molecule has 0 fully saturated rings. The summed E-state index contributed by atoms with van der Waals surface area (Å²) in [7, 11) is 1.41. The molecule has 7 nitrogen and oxygen atoms in total. The molecule has 2 aromatic carbocycles. The molecule has 0 saturated heterocycles. The molecule has 3 rings (SSSR count). The molecule has 148 valence electrons. The van der Waals surface area contributed by atoms with Crippen LogP contribution in [-0.2, 0) is 14.3 Å². The molecule has 7 heteroatoms. The highest BCUT2D eigenvalue weighted by molar-refractivity contribution is 5.99. The van der Waals surface area contributed by atoms with Crippen LogP contribution in [-0.4, -0.2) is 24.8 Å². The predicted octanol–water partition coefficient (Wildman–Crippen LogP) is 3.18. The van der Waals surface area contributed by atoms with Gasteiger partial charge in [-0.05, 0) is 24.6 Å². The highest BCUT2D eigenvalue weighted by atomic mass is 16.5. The van der Waals surface area contributed by atoms with Crippen LogP contribution < -0.4 is 10.5 Å². The maximum absolute atomic E-state index is 12.9. The van der Waals surface area contributed by atoms with E-state index in [-0.39, 0.29) is 40.9 Å². The summed E-state index contributed by atoms with van der Waals surface area (Å²) in [4.78, 5) is 12.9. The quantitative estimate of drug-likeness (QED) is 0.751. The third kappa shape index (κ3) is 3.73.